The van der Waals surface area contributed by atoms with Gasteiger partial charge >= 0.3 is 5.97 Å². The number of carbonyl (C=O) groups excluding carboxylic acids is 3. The maximum Gasteiger partial charge on any atom is 0.325 e. The third-order valence-corrected chi connectivity index (χ3v) is 4.90. The number of hydrogen-bond donors (Lipinski definition) is 0. The first-order valence-electron chi connectivity index (χ1n) is 7.85. The van der Waals surface area contributed by atoms with Crippen LogP contribution in [-0.4, -0.2) is 29.3 Å². The standard InChI is InChI=1S/C19H16N2O4S/c1-12(22)13-7-9-14(10-8-13)18(24)20-19-21(11-17(23)25-2)15-5-3-4-6-16(15)26-19/h3-10H,11H2,1-2H3. The monoisotopic (exact) mass is 368 g/mol. The summed E-state index contributed by atoms with van der Waals surface area (Å²) in [4.78, 5) is 40.2. The van der Waals surface area contributed by atoms with Crippen molar-refractivity contribution in [1.29, 1.82) is 0 Å². The van der Waals surface area contributed by atoms with Crippen LogP contribution in [0.5, 0.6) is 0 Å². The van der Waals surface area contributed by atoms with Crippen molar-refractivity contribution in [2.75, 3.05) is 7.11 Å². The number of hydrogen-bond acceptors (Lipinski definition) is 5. The summed E-state index contributed by atoms with van der Waals surface area (Å²) in [5, 5.41) is 0. The molecule has 132 valence electrons. The van der Waals surface area contributed by atoms with Crippen LogP contribution in [-0.2, 0) is 16.1 Å². The van der Waals surface area contributed by atoms with Crippen molar-refractivity contribution in [1.82, 2.24) is 4.57 Å². The molecule has 0 aliphatic rings. The molecule has 1 heterocycles. The molecule has 3 rings (SSSR count). The van der Waals surface area contributed by atoms with Crippen molar-refractivity contribution >= 4 is 39.2 Å². The fraction of sp³-hybridized carbons (Fsp3) is 0.158. The first-order valence-corrected chi connectivity index (χ1v) is 8.66. The van der Waals surface area contributed by atoms with E-state index in [9.17, 15) is 14.4 Å². The minimum Gasteiger partial charge on any atom is -0.468 e. The van der Waals surface area contributed by atoms with E-state index in [2.05, 4.69) is 4.99 Å². The van der Waals surface area contributed by atoms with E-state index in [1.165, 1.54) is 25.4 Å². The molecule has 0 unspecified atom stereocenters. The van der Waals surface area contributed by atoms with E-state index < -0.39 is 11.9 Å². The molecule has 0 aliphatic heterocycles. The van der Waals surface area contributed by atoms with Gasteiger partial charge < -0.3 is 9.30 Å². The lowest BCUT2D eigenvalue weighted by Gasteiger charge is -2.03. The highest BCUT2D eigenvalue weighted by Crippen LogP contribution is 2.17. The molecule has 26 heavy (non-hydrogen) atoms. The second-order valence-corrected chi connectivity index (χ2v) is 6.57. The summed E-state index contributed by atoms with van der Waals surface area (Å²) in [7, 11) is 1.32. The highest BCUT2D eigenvalue weighted by Gasteiger charge is 2.12. The van der Waals surface area contributed by atoms with Crippen molar-refractivity contribution in [3.05, 3.63) is 64.5 Å². The molecule has 0 saturated carbocycles. The molecule has 0 aliphatic carbocycles. The van der Waals surface area contributed by atoms with E-state index >= 15 is 0 Å². The van der Waals surface area contributed by atoms with Gasteiger partial charge in [0.2, 0.25) is 0 Å². The molecule has 0 saturated heterocycles. The third kappa shape index (κ3) is 3.62. The molecule has 0 bridgehead atoms. The number of thiazole rings is 1. The summed E-state index contributed by atoms with van der Waals surface area (Å²) >= 11 is 1.32. The van der Waals surface area contributed by atoms with Gasteiger partial charge in [-0.15, -0.1) is 0 Å². The summed E-state index contributed by atoms with van der Waals surface area (Å²) in [5.74, 6) is -0.931. The third-order valence-electron chi connectivity index (χ3n) is 3.84. The summed E-state index contributed by atoms with van der Waals surface area (Å²) in [6, 6.07) is 13.8. The molecule has 0 spiro atoms. The Balaban J connectivity index is 2.05. The molecular weight excluding hydrogens is 352 g/mol. The number of para-hydroxylation sites is 1. The Bertz CT molecular complexity index is 1060. The first kappa shape index (κ1) is 17.8. The van der Waals surface area contributed by atoms with E-state index in [4.69, 9.17) is 4.74 Å². The number of amides is 1. The number of ketones is 1. The SMILES string of the molecule is COC(=O)Cn1c(=NC(=O)c2ccc(C(C)=O)cc2)sc2ccccc21. The van der Waals surface area contributed by atoms with Crippen molar-refractivity contribution in [3.8, 4) is 0 Å². The molecule has 0 atom stereocenters. The normalized spacial score (nSPS) is 11.5. The maximum absolute atomic E-state index is 12.5. The van der Waals surface area contributed by atoms with E-state index in [1.54, 1.807) is 28.8 Å². The van der Waals surface area contributed by atoms with Gasteiger partial charge in [0.1, 0.15) is 6.54 Å². The van der Waals surface area contributed by atoms with Crippen LogP contribution in [0, 0.1) is 0 Å². The predicted molar refractivity (Wildman–Crippen MR) is 98.2 cm³/mol. The van der Waals surface area contributed by atoms with Crippen LogP contribution < -0.4 is 4.80 Å². The van der Waals surface area contributed by atoms with Crippen molar-refractivity contribution in [3.63, 3.8) is 0 Å². The second kappa shape index (κ2) is 7.45. The van der Waals surface area contributed by atoms with Gasteiger partial charge in [-0.3, -0.25) is 14.4 Å². The van der Waals surface area contributed by atoms with Crippen LogP contribution in [0.1, 0.15) is 27.6 Å². The van der Waals surface area contributed by atoms with Gasteiger partial charge in [0.25, 0.3) is 5.91 Å². The van der Waals surface area contributed by atoms with E-state index in [0.29, 0.717) is 15.9 Å². The van der Waals surface area contributed by atoms with Crippen LogP contribution in [0.4, 0.5) is 0 Å². The Kier molecular flexibility index (Phi) is 5.09. The minimum atomic E-state index is -0.440. The van der Waals surface area contributed by atoms with Gasteiger partial charge in [0.15, 0.2) is 10.6 Å². The smallest absolute Gasteiger partial charge is 0.325 e. The fourth-order valence-corrected chi connectivity index (χ4v) is 3.48. The zero-order chi connectivity index (χ0) is 18.7. The topological polar surface area (TPSA) is 77.7 Å². The molecule has 1 amide bonds. The lowest BCUT2D eigenvalue weighted by atomic mass is 10.1. The molecule has 2 aromatic carbocycles. The van der Waals surface area contributed by atoms with Crippen LogP contribution in [0.3, 0.4) is 0 Å². The predicted octanol–water partition coefficient (Wildman–Crippen LogP) is 2.82. The second-order valence-electron chi connectivity index (χ2n) is 5.57. The highest BCUT2D eigenvalue weighted by molar-refractivity contribution is 7.16. The zero-order valence-electron chi connectivity index (χ0n) is 14.3. The number of rotatable bonds is 4. The fourth-order valence-electron chi connectivity index (χ4n) is 2.45. The number of ether oxygens (including phenoxy) is 1. The van der Waals surface area contributed by atoms with Crippen LogP contribution >= 0.6 is 11.3 Å². The Hall–Kier alpha value is -3.06. The van der Waals surface area contributed by atoms with Crippen LogP contribution in [0.25, 0.3) is 10.2 Å². The van der Waals surface area contributed by atoms with Gasteiger partial charge in [0, 0.05) is 11.1 Å². The van der Waals surface area contributed by atoms with E-state index in [1.807, 2.05) is 24.3 Å². The van der Waals surface area contributed by atoms with Gasteiger partial charge in [0.05, 0.1) is 17.3 Å². The number of fused-ring (bicyclic) bond motifs is 1. The number of Topliss-reactive ketones (excluding diaryl/α,β-unsaturated/α-hetero) is 1. The average Bonchev–Trinajstić information content (AvgIpc) is 2.98. The zero-order valence-corrected chi connectivity index (χ0v) is 15.1. The summed E-state index contributed by atoms with van der Waals surface area (Å²) in [6.45, 7) is 1.43. The maximum atomic E-state index is 12.5. The molecule has 1 aromatic heterocycles. The van der Waals surface area contributed by atoms with Gasteiger partial charge in [-0.25, -0.2) is 0 Å². The quantitative estimate of drug-likeness (QED) is 0.524. The van der Waals surface area contributed by atoms with Gasteiger partial charge in [-0.05, 0) is 31.2 Å². The Labute approximate surface area is 153 Å². The van der Waals surface area contributed by atoms with E-state index in [-0.39, 0.29) is 12.3 Å². The number of benzene rings is 2. The van der Waals surface area contributed by atoms with E-state index in [0.717, 1.165) is 10.2 Å². The molecular formula is C19H16N2O4S. The Morgan fingerprint density at radius 2 is 1.69 bits per heavy atom. The Morgan fingerprint density at radius 3 is 2.35 bits per heavy atom. The lowest BCUT2D eigenvalue weighted by Crippen LogP contribution is -2.22. The van der Waals surface area contributed by atoms with Crippen molar-refractivity contribution < 1.29 is 19.1 Å². The molecule has 7 heteroatoms. The summed E-state index contributed by atoms with van der Waals surface area (Å²) in [5.41, 5.74) is 1.71. The average molecular weight is 368 g/mol. The van der Waals surface area contributed by atoms with Crippen LogP contribution in [0.2, 0.25) is 0 Å². The minimum absolute atomic E-state index is 0.0318. The number of nitrogens with zero attached hydrogens (tertiary/aromatic N) is 2. The molecule has 0 N–H and O–H groups in total. The number of aromatic nitrogens is 1. The molecule has 0 fully saturated rings. The largest absolute Gasteiger partial charge is 0.468 e. The summed E-state index contributed by atoms with van der Waals surface area (Å²) in [6.07, 6.45) is 0. The lowest BCUT2D eigenvalue weighted by molar-refractivity contribution is -0.141. The van der Waals surface area contributed by atoms with Gasteiger partial charge in [-0.1, -0.05) is 35.6 Å². The Morgan fingerprint density at radius 1 is 1.04 bits per heavy atom. The molecule has 6 nitrogen and oxygen atoms in total. The summed E-state index contributed by atoms with van der Waals surface area (Å²) < 4.78 is 7.31. The number of methoxy groups -OCH3 is 1. The van der Waals surface area contributed by atoms with Crippen molar-refractivity contribution in [2.45, 2.75) is 13.5 Å². The molecule has 3 aromatic rings. The first-order chi connectivity index (χ1) is 12.5. The van der Waals surface area contributed by atoms with Crippen LogP contribution in [0.15, 0.2) is 53.5 Å². The highest BCUT2D eigenvalue weighted by atomic mass is 32.1. The number of esters is 1. The van der Waals surface area contributed by atoms with Gasteiger partial charge in [-0.2, -0.15) is 4.99 Å². The molecule has 0 radical (unpaired) electrons. The van der Waals surface area contributed by atoms with Crippen molar-refractivity contribution in [2.24, 2.45) is 4.99 Å². The number of carbonyl (C=O) groups is 3.